The van der Waals surface area contributed by atoms with Crippen molar-refractivity contribution < 1.29 is 19.1 Å². The first-order valence-electron chi connectivity index (χ1n) is 11.1. The van der Waals surface area contributed by atoms with E-state index in [1.54, 1.807) is 31.2 Å². The lowest BCUT2D eigenvalue weighted by Gasteiger charge is -2.41. The van der Waals surface area contributed by atoms with Crippen LogP contribution in [0.4, 0.5) is 0 Å². The molecule has 0 radical (unpaired) electrons. The van der Waals surface area contributed by atoms with E-state index in [-0.39, 0.29) is 6.61 Å². The molecule has 2 aromatic rings. The molecule has 1 aromatic heterocycles. The van der Waals surface area contributed by atoms with Crippen LogP contribution in [0.5, 0.6) is 0 Å². The zero-order valence-corrected chi connectivity index (χ0v) is 17.8. The third-order valence-electron chi connectivity index (χ3n) is 7.72. The first-order valence-corrected chi connectivity index (χ1v) is 11.1. The van der Waals surface area contributed by atoms with E-state index >= 15 is 0 Å². The highest BCUT2D eigenvalue weighted by atomic mass is 16.6. The van der Waals surface area contributed by atoms with Crippen molar-refractivity contribution in [3.05, 3.63) is 63.5 Å². The second-order valence-corrected chi connectivity index (χ2v) is 8.87. The highest BCUT2D eigenvalue weighted by Crippen LogP contribution is 2.85. The number of allylic oxidation sites excluding steroid dienone is 2. The summed E-state index contributed by atoms with van der Waals surface area (Å²) in [6.45, 7) is 3.80. The average Bonchev–Trinajstić information content (AvgIpc) is 3.31. The quantitative estimate of drug-likeness (QED) is 0.398. The number of benzene rings is 1. The summed E-state index contributed by atoms with van der Waals surface area (Å²) in [5.41, 5.74) is -2.93. The van der Waals surface area contributed by atoms with Gasteiger partial charge in [-0.3, -0.25) is 9.59 Å². The van der Waals surface area contributed by atoms with E-state index in [9.17, 15) is 19.2 Å². The van der Waals surface area contributed by atoms with Gasteiger partial charge in [0.1, 0.15) is 6.10 Å². The van der Waals surface area contributed by atoms with Crippen LogP contribution < -0.4 is 11.4 Å². The van der Waals surface area contributed by atoms with Crippen molar-refractivity contribution in [3.8, 4) is 5.69 Å². The van der Waals surface area contributed by atoms with E-state index in [1.807, 2.05) is 25.1 Å². The molecule has 1 saturated heterocycles. The number of aromatic nitrogens is 3. The van der Waals surface area contributed by atoms with Gasteiger partial charge in [0.25, 0.3) is 0 Å². The van der Waals surface area contributed by atoms with Crippen LogP contribution in [-0.4, -0.2) is 38.6 Å². The van der Waals surface area contributed by atoms with Gasteiger partial charge in [-0.25, -0.2) is 23.5 Å². The molecule has 166 valence electrons. The Balaban J connectivity index is 1.60. The first-order chi connectivity index (χ1) is 15.5. The summed E-state index contributed by atoms with van der Waals surface area (Å²) in [5.74, 6) is -1.69. The van der Waals surface area contributed by atoms with Crippen molar-refractivity contribution in [1.29, 1.82) is 0 Å². The van der Waals surface area contributed by atoms with E-state index in [1.165, 1.54) is 9.36 Å². The number of hydrogen-bond donors (Lipinski definition) is 0. The Labute approximate surface area is 182 Å². The highest BCUT2D eigenvalue weighted by molar-refractivity contribution is 6.08. The van der Waals surface area contributed by atoms with E-state index < -0.39 is 58.3 Å². The largest absolute Gasteiger partial charge is 0.465 e. The predicted molar refractivity (Wildman–Crippen MR) is 111 cm³/mol. The molecule has 32 heavy (non-hydrogen) atoms. The molecular formula is C23H23N3O6. The maximum Gasteiger partial charge on any atom is 0.352 e. The predicted octanol–water partition coefficient (Wildman–Crippen LogP) is 1.36. The minimum absolute atomic E-state index is 0.130. The number of rotatable bonds is 5. The molecule has 2 bridgehead atoms. The second kappa shape index (κ2) is 6.11. The van der Waals surface area contributed by atoms with E-state index in [0.29, 0.717) is 12.1 Å². The minimum Gasteiger partial charge on any atom is -0.465 e. The lowest BCUT2D eigenvalue weighted by Crippen LogP contribution is -2.48. The third-order valence-corrected chi connectivity index (χ3v) is 7.72. The molecule has 9 heteroatoms. The van der Waals surface area contributed by atoms with Gasteiger partial charge < -0.3 is 9.47 Å². The van der Waals surface area contributed by atoms with Crippen LogP contribution in [0.1, 0.15) is 38.8 Å². The summed E-state index contributed by atoms with van der Waals surface area (Å²) in [6.07, 6.45) is 4.48. The number of carbonyl (C=O) groups excluding carboxylic acids is 2. The van der Waals surface area contributed by atoms with Gasteiger partial charge >= 0.3 is 23.3 Å². The molecule has 5 aliphatic rings. The fraction of sp³-hybridized carbons (Fsp3) is 0.478. The van der Waals surface area contributed by atoms with Gasteiger partial charge in [0.2, 0.25) is 0 Å². The van der Waals surface area contributed by atoms with Crippen molar-refractivity contribution in [3.63, 3.8) is 0 Å². The van der Waals surface area contributed by atoms with Gasteiger partial charge in [0, 0.05) is 5.92 Å². The first kappa shape index (κ1) is 19.3. The monoisotopic (exact) mass is 437 g/mol. The second-order valence-electron chi connectivity index (χ2n) is 8.87. The summed E-state index contributed by atoms with van der Waals surface area (Å²) in [5, 5.41) is 0. The minimum atomic E-state index is -1.50. The van der Waals surface area contributed by atoms with Gasteiger partial charge in [-0.15, -0.1) is 0 Å². The molecule has 0 N–H and O–H groups in total. The summed E-state index contributed by atoms with van der Waals surface area (Å²) < 4.78 is 15.1. The lowest BCUT2D eigenvalue weighted by atomic mass is 9.77. The van der Waals surface area contributed by atoms with Crippen LogP contribution in [0.25, 0.3) is 5.69 Å². The zero-order valence-electron chi connectivity index (χ0n) is 17.8. The van der Waals surface area contributed by atoms with Crippen LogP contribution in [0.3, 0.4) is 0 Å². The molecule has 7 rings (SSSR count). The number of para-hydroxylation sites is 1. The molecule has 2 fully saturated rings. The van der Waals surface area contributed by atoms with Crippen molar-refractivity contribution >= 4 is 11.9 Å². The van der Waals surface area contributed by atoms with Gasteiger partial charge in [-0.05, 0) is 25.5 Å². The van der Waals surface area contributed by atoms with E-state index in [2.05, 4.69) is 0 Å². The third kappa shape index (κ3) is 1.80. The normalized spacial score (nSPS) is 35.1. The Hall–Kier alpha value is -3.36. The summed E-state index contributed by atoms with van der Waals surface area (Å²) in [4.78, 5) is 53.5. The fourth-order valence-electron chi connectivity index (χ4n) is 6.75. The maximum atomic E-state index is 13.5. The molecule has 1 aromatic carbocycles. The number of ether oxygens (including phenoxy) is 2. The zero-order chi connectivity index (χ0) is 22.4. The number of cyclic esters (lactones) is 1. The molecule has 4 heterocycles. The van der Waals surface area contributed by atoms with E-state index in [4.69, 9.17) is 9.47 Å². The van der Waals surface area contributed by atoms with Gasteiger partial charge in [-0.2, -0.15) is 0 Å². The van der Waals surface area contributed by atoms with Crippen molar-refractivity contribution in [2.24, 2.45) is 16.7 Å². The Bertz CT molecular complexity index is 1300. The Morgan fingerprint density at radius 1 is 1.06 bits per heavy atom. The molecular weight excluding hydrogens is 414 g/mol. The molecule has 0 amide bonds. The number of carbonyl (C=O) groups is 2. The van der Waals surface area contributed by atoms with Gasteiger partial charge in [0.05, 0.1) is 29.8 Å². The standard InChI is InChI=1S/C23H23N3O6/c1-3-8-16-22-15-12-11-14(17(22)23(22,19(28)32-16)18(27)31-4-2)25-20(29)24(21(30)26(15)25)13-9-6-5-7-10-13/h5-7,9-12,14-17H,3-4,8H2,1-2H3/t14?,15?,16-,17+,22?,23+/m0/s1. The Morgan fingerprint density at radius 3 is 2.47 bits per heavy atom. The summed E-state index contributed by atoms with van der Waals surface area (Å²) in [6, 6.07) is 7.47. The Kier molecular flexibility index (Phi) is 3.69. The molecule has 3 unspecified atom stereocenters. The molecule has 1 saturated carbocycles. The SMILES string of the molecule is CCC[C@@H]1OC(=O)[C@]2(C(=O)OCC)[C@@H]3C4C=CC(n5c(=O)n(-c6ccccc6)c(=O)n54)C132. The van der Waals surface area contributed by atoms with Crippen LogP contribution in [0.2, 0.25) is 0 Å². The Morgan fingerprint density at radius 2 is 1.78 bits per heavy atom. The van der Waals surface area contributed by atoms with E-state index in [0.717, 1.165) is 11.0 Å². The smallest absolute Gasteiger partial charge is 0.352 e. The highest BCUT2D eigenvalue weighted by Gasteiger charge is 2.97. The molecule has 1 spiro atoms. The van der Waals surface area contributed by atoms with Crippen LogP contribution >= 0.6 is 0 Å². The number of esters is 2. The summed E-state index contributed by atoms with van der Waals surface area (Å²) in [7, 11) is 0. The van der Waals surface area contributed by atoms with Crippen molar-refractivity contribution in [2.75, 3.05) is 6.61 Å². The van der Waals surface area contributed by atoms with Gasteiger partial charge in [-0.1, -0.05) is 43.7 Å². The van der Waals surface area contributed by atoms with Crippen molar-refractivity contribution in [2.45, 2.75) is 44.9 Å². The molecule has 2 aliphatic carbocycles. The van der Waals surface area contributed by atoms with Crippen LogP contribution in [-0.2, 0) is 19.1 Å². The number of nitrogens with zero attached hydrogens (tertiary/aromatic N) is 3. The fourth-order valence-corrected chi connectivity index (χ4v) is 6.75. The van der Waals surface area contributed by atoms with Crippen LogP contribution in [0.15, 0.2) is 52.1 Å². The van der Waals surface area contributed by atoms with Crippen molar-refractivity contribution in [1.82, 2.24) is 13.9 Å². The maximum absolute atomic E-state index is 13.5. The molecule has 6 atom stereocenters. The summed E-state index contributed by atoms with van der Waals surface area (Å²) >= 11 is 0. The number of hydrogen-bond acceptors (Lipinski definition) is 6. The average molecular weight is 437 g/mol. The molecule has 3 aliphatic heterocycles. The van der Waals surface area contributed by atoms with Crippen LogP contribution in [0, 0.1) is 16.7 Å². The van der Waals surface area contributed by atoms with Gasteiger partial charge in [0.15, 0.2) is 5.41 Å². The lowest BCUT2D eigenvalue weighted by molar-refractivity contribution is -0.163. The molecule has 9 nitrogen and oxygen atoms in total. The topological polar surface area (TPSA) is 102 Å².